The predicted molar refractivity (Wildman–Crippen MR) is 133 cm³/mol. The van der Waals surface area contributed by atoms with Gasteiger partial charge in [-0.3, -0.25) is 9.59 Å². The van der Waals surface area contributed by atoms with Crippen molar-refractivity contribution in [3.8, 4) is 5.75 Å². The maximum absolute atomic E-state index is 13.6. The van der Waals surface area contributed by atoms with Crippen molar-refractivity contribution in [1.82, 2.24) is 15.2 Å². The highest BCUT2D eigenvalue weighted by Crippen LogP contribution is 2.37. The number of hydrogen-bond acceptors (Lipinski definition) is 6. The minimum absolute atomic E-state index is 0.0383. The van der Waals surface area contributed by atoms with Gasteiger partial charge in [0.25, 0.3) is 5.91 Å². The molecule has 2 aromatic carbocycles. The maximum Gasteiger partial charge on any atom is 0.273 e. The number of carbonyl (C=O) groups is 2. The number of fused-ring (bicyclic) bond motifs is 1. The van der Waals surface area contributed by atoms with Gasteiger partial charge in [-0.25, -0.2) is 9.37 Å². The summed E-state index contributed by atoms with van der Waals surface area (Å²) in [7, 11) is 0. The van der Waals surface area contributed by atoms with Gasteiger partial charge in [0.15, 0.2) is 12.3 Å². The molecule has 0 saturated carbocycles. The molecule has 194 valence electrons. The number of carbonyl (C=O) groups excluding carboxylic acids is 2. The summed E-state index contributed by atoms with van der Waals surface area (Å²) >= 11 is 0. The lowest BCUT2D eigenvalue weighted by Gasteiger charge is -2.38. The van der Waals surface area contributed by atoms with Gasteiger partial charge in [0, 0.05) is 26.1 Å². The highest BCUT2D eigenvalue weighted by Gasteiger charge is 2.31. The number of nitrogens with one attached hydrogen (secondary N) is 1. The van der Waals surface area contributed by atoms with E-state index in [2.05, 4.69) is 10.3 Å². The molecule has 1 fully saturated rings. The number of hydrogen-bond donors (Lipinski definition) is 1. The SMILES string of the molecule is CCC(=O)N1CCc2ccc(OCc3nc(C(=O)NCC4CCCO4)co3)cc2C1c1ccc(F)cc1. The van der Waals surface area contributed by atoms with Crippen molar-refractivity contribution in [3.05, 3.63) is 82.8 Å². The van der Waals surface area contributed by atoms with E-state index in [9.17, 15) is 14.0 Å². The van der Waals surface area contributed by atoms with Gasteiger partial charge in [-0.2, -0.15) is 0 Å². The summed E-state index contributed by atoms with van der Waals surface area (Å²) in [5.74, 6) is 0.256. The normalized spacial score (nSPS) is 18.9. The second kappa shape index (κ2) is 11.1. The van der Waals surface area contributed by atoms with Crippen molar-refractivity contribution >= 4 is 11.8 Å². The van der Waals surface area contributed by atoms with Gasteiger partial charge in [-0.1, -0.05) is 25.1 Å². The molecule has 2 amide bonds. The third-order valence-electron chi connectivity index (χ3n) is 6.82. The number of ether oxygens (including phenoxy) is 2. The lowest BCUT2D eigenvalue weighted by molar-refractivity contribution is -0.132. The van der Waals surface area contributed by atoms with E-state index in [1.165, 1.54) is 18.4 Å². The van der Waals surface area contributed by atoms with Gasteiger partial charge in [0.2, 0.25) is 11.8 Å². The quantitative estimate of drug-likeness (QED) is 0.492. The molecule has 0 radical (unpaired) electrons. The second-order valence-electron chi connectivity index (χ2n) is 9.27. The Morgan fingerprint density at radius 1 is 1.22 bits per heavy atom. The molecule has 2 aliphatic heterocycles. The fourth-order valence-corrected chi connectivity index (χ4v) is 4.89. The van der Waals surface area contributed by atoms with Gasteiger partial charge < -0.3 is 24.1 Å². The van der Waals surface area contributed by atoms with Gasteiger partial charge in [0.1, 0.15) is 17.8 Å². The van der Waals surface area contributed by atoms with E-state index in [1.54, 1.807) is 12.1 Å². The molecule has 2 atom stereocenters. The Balaban J connectivity index is 1.29. The molecule has 3 aromatic rings. The first-order valence-corrected chi connectivity index (χ1v) is 12.7. The highest BCUT2D eigenvalue weighted by atomic mass is 19.1. The number of benzene rings is 2. The van der Waals surface area contributed by atoms with E-state index in [1.807, 2.05) is 30.0 Å². The van der Waals surface area contributed by atoms with Gasteiger partial charge in [0.05, 0.1) is 12.1 Å². The van der Waals surface area contributed by atoms with Crippen molar-refractivity contribution < 1.29 is 27.9 Å². The molecule has 37 heavy (non-hydrogen) atoms. The van der Waals surface area contributed by atoms with Crippen LogP contribution in [0.5, 0.6) is 5.75 Å². The lowest BCUT2D eigenvalue weighted by atomic mass is 9.87. The van der Waals surface area contributed by atoms with Crippen molar-refractivity contribution in [2.75, 3.05) is 19.7 Å². The maximum atomic E-state index is 13.6. The highest BCUT2D eigenvalue weighted by molar-refractivity contribution is 5.91. The van der Waals surface area contributed by atoms with Crippen LogP contribution in [0, 0.1) is 5.82 Å². The first-order valence-electron chi connectivity index (χ1n) is 12.7. The van der Waals surface area contributed by atoms with E-state index in [4.69, 9.17) is 13.9 Å². The van der Waals surface area contributed by atoms with Crippen molar-refractivity contribution in [1.29, 1.82) is 0 Å². The Bertz CT molecular complexity index is 1250. The first-order chi connectivity index (χ1) is 18.0. The van der Waals surface area contributed by atoms with Crippen molar-refractivity contribution in [3.63, 3.8) is 0 Å². The molecule has 0 aliphatic carbocycles. The Kier molecular flexibility index (Phi) is 7.50. The van der Waals surface area contributed by atoms with Gasteiger partial charge >= 0.3 is 0 Å². The number of nitrogens with zero attached hydrogens (tertiary/aromatic N) is 2. The molecule has 0 spiro atoms. The van der Waals surface area contributed by atoms with Crippen LogP contribution in [0.15, 0.2) is 53.1 Å². The van der Waals surface area contributed by atoms with E-state index in [0.717, 1.165) is 42.6 Å². The smallest absolute Gasteiger partial charge is 0.273 e. The Labute approximate surface area is 214 Å². The molecule has 1 aromatic heterocycles. The van der Waals surface area contributed by atoms with Gasteiger partial charge in [-0.15, -0.1) is 0 Å². The van der Waals surface area contributed by atoms with E-state index in [-0.39, 0.29) is 48.0 Å². The molecule has 2 unspecified atom stereocenters. The monoisotopic (exact) mass is 507 g/mol. The standard InChI is InChI=1S/C28H30FN3O5/c1-2-26(33)32-12-11-18-7-10-21(14-23(18)27(32)19-5-8-20(29)9-6-19)36-17-25-31-24(16-37-25)28(34)30-15-22-4-3-13-35-22/h5-10,14,16,22,27H,2-4,11-13,15,17H2,1H3,(H,30,34). The minimum Gasteiger partial charge on any atom is -0.484 e. The van der Waals surface area contributed by atoms with Crippen LogP contribution in [0.4, 0.5) is 4.39 Å². The fourth-order valence-electron chi connectivity index (χ4n) is 4.89. The molecule has 3 heterocycles. The average Bonchev–Trinajstić information content (AvgIpc) is 3.62. The Morgan fingerprint density at radius 2 is 2.05 bits per heavy atom. The lowest BCUT2D eigenvalue weighted by Crippen LogP contribution is -2.40. The summed E-state index contributed by atoms with van der Waals surface area (Å²) in [5.41, 5.74) is 3.08. The summed E-state index contributed by atoms with van der Waals surface area (Å²) < 4.78 is 30.5. The molecule has 2 aliphatic rings. The van der Waals surface area contributed by atoms with Crippen LogP contribution in [0.1, 0.15) is 65.3 Å². The first kappa shape index (κ1) is 25.0. The molecule has 8 nitrogen and oxygen atoms in total. The van der Waals surface area contributed by atoms with Gasteiger partial charge in [-0.05, 0) is 60.2 Å². The van der Waals surface area contributed by atoms with Crippen LogP contribution in [0.2, 0.25) is 0 Å². The van der Waals surface area contributed by atoms with E-state index < -0.39 is 0 Å². The van der Waals surface area contributed by atoms with Crippen molar-refractivity contribution in [2.45, 2.75) is 51.4 Å². The summed E-state index contributed by atoms with van der Waals surface area (Å²) in [6.45, 7) is 3.64. The number of rotatable bonds is 8. The summed E-state index contributed by atoms with van der Waals surface area (Å²) in [4.78, 5) is 31.2. The number of halogens is 1. The zero-order chi connectivity index (χ0) is 25.8. The van der Waals surface area contributed by atoms with Crippen LogP contribution in [0.25, 0.3) is 0 Å². The predicted octanol–water partition coefficient (Wildman–Crippen LogP) is 4.19. The molecule has 1 saturated heterocycles. The summed E-state index contributed by atoms with van der Waals surface area (Å²) in [6.07, 6.45) is 4.41. The van der Waals surface area contributed by atoms with Crippen LogP contribution in [0.3, 0.4) is 0 Å². The van der Waals surface area contributed by atoms with Crippen LogP contribution in [-0.2, 0) is 22.6 Å². The largest absolute Gasteiger partial charge is 0.484 e. The van der Waals surface area contributed by atoms with Crippen molar-refractivity contribution in [2.24, 2.45) is 0 Å². The second-order valence-corrected chi connectivity index (χ2v) is 9.27. The number of aromatic nitrogens is 1. The zero-order valence-electron chi connectivity index (χ0n) is 20.7. The van der Waals surface area contributed by atoms with Crippen LogP contribution >= 0.6 is 0 Å². The third-order valence-corrected chi connectivity index (χ3v) is 6.82. The number of amides is 2. The topological polar surface area (TPSA) is 93.9 Å². The molecule has 5 rings (SSSR count). The van der Waals surface area contributed by atoms with Crippen LogP contribution in [-0.4, -0.2) is 47.5 Å². The van der Waals surface area contributed by atoms with E-state index >= 15 is 0 Å². The third kappa shape index (κ3) is 5.67. The fraction of sp³-hybridized carbons (Fsp3) is 0.393. The minimum atomic E-state index is -0.332. The molecule has 9 heteroatoms. The van der Waals surface area contributed by atoms with E-state index in [0.29, 0.717) is 25.3 Å². The summed E-state index contributed by atoms with van der Waals surface area (Å²) in [6, 6.07) is 11.7. The number of oxazole rings is 1. The molecular formula is C28H30FN3O5. The average molecular weight is 508 g/mol. The molecular weight excluding hydrogens is 477 g/mol. The molecule has 0 bridgehead atoms. The summed E-state index contributed by atoms with van der Waals surface area (Å²) in [5, 5.41) is 2.82. The Hall–Kier alpha value is -3.72. The molecule has 1 N–H and O–H groups in total. The zero-order valence-corrected chi connectivity index (χ0v) is 20.7. The van der Waals surface area contributed by atoms with Crippen LogP contribution < -0.4 is 10.1 Å². The Morgan fingerprint density at radius 3 is 2.81 bits per heavy atom.